The molecule has 1 aliphatic rings. The average molecular weight is 310 g/mol. The predicted octanol–water partition coefficient (Wildman–Crippen LogP) is 3.30. The van der Waals surface area contributed by atoms with Crippen molar-refractivity contribution in [1.82, 2.24) is 9.97 Å². The fourth-order valence-electron chi connectivity index (χ4n) is 1.84. The highest BCUT2D eigenvalue weighted by Gasteiger charge is 2.29. The number of rotatable bonds is 3. The van der Waals surface area contributed by atoms with Crippen molar-refractivity contribution in [2.24, 2.45) is 5.73 Å². The SMILES string of the molecule is NCc1sc(-c2cncc(Br)c2)nc1C1CC1. The number of hydrogen-bond donors (Lipinski definition) is 1. The van der Waals surface area contributed by atoms with Crippen LogP contribution in [0.5, 0.6) is 0 Å². The van der Waals surface area contributed by atoms with E-state index < -0.39 is 0 Å². The van der Waals surface area contributed by atoms with E-state index in [1.165, 1.54) is 23.4 Å². The number of pyridine rings is 1. The normalized spacial score (nSPS) is 15.2. The third kappa shape index (κ3) is 2.27. The summed E-state index contributed by atoms with van der Waals surface area (Å²) in [5.74, 6) is 0.652. The van der Waals surface area contributed by atoms with Crippen molar-refractivity contribution in [3.05, 3.63) is 33.5 Å². The van der Waals surface area contributed by atoms with E-state index in [-0.39, 0.29) is 0 Å². The number of nitrogens with two attached hydrogens (primary N) is 1. The average Bonchev–Trinajstić information content (AvgIpc) is 3.08. The van der Waals surface area contributed by atoms with Crippen LogP contribution >= 0.6 is 27.3 Å². The van der Waals surface area contributed by atoms with Crippen molar-refractivity contribution in [3.63, 3.8) is 0 Å². The summed E-state index contributed by atoms with van der Waals surface area (Å²) in [6.07, 6.45) is 6.14. The van der Waals surface area contributed by atoms with Crippen LogP contribution in [0, 0.1) is 0 Å². The molecule has 5 heteroatoms. The molecule has 0 saturated heterocycles. The zero-order valence-corrected chi connectivity index (χ0v) is 11.6. The van der Waals surface area contributed by atoms with Crippen LogP contribution in [0.25, 0.3) is 10.6 Å². The van der Waals surface area contributed by atoms with Gasteiger partial charge in [-0.25, -0.2) is 4.98 Å². The summed E-state index contributed by atoms with van der Waals surface area (Å²) in [6, 6.07) is 2.04. The van der Waals surface area contributed by atoms with Gasteiger partial charge in [0.25, 0.3) is 0 Å². The zero-order valence-electron chi connectivity index (χ0n) is 9.19. The van der Waals surface area contributed by atoms with Crippen LogP contribution in [0.4, 0.5) is 0 Å². The minimum absolute atomic E-state index is 0.588. The van der Waals surface area contributed by atoms with Crippen LogP contribution in [0.3, 0.4) is 0 Å². The highest BCUT2D eigenvalue weighted by atomic mass is 79.9. The topological polar surface area (TPSA) is 51.8 Å². The first-order valence-electron chi connectivity index (χ1n) is 5.58. The van der Waals surface area contributed by atoms with Gasteiger partial charge in [0.05, 0.1) is 5.69 Å². The van der Waals surface area contributed by atoms with E-state index >= 15 is 0 Å². The van der Waals surface area contributed by atoms with Gasteiger partial charge < -0.3 is 5.73 Å². The molecule has 0 unspecified atom stereocenters. The van der Waals surface area contributed by atoms with Gasteiger partial charge in [0, 0.05) is 39.8 Å². The largest absolute Gasteiger partial charge is 0.326 e. The molecule has 3 nitrogen and oxygen atoms in total. The summed E-state index contributed by atoms with van der Waals surface area (Å²) < 4.78 is 0.979. The minimum atomic E-state index is 0.588. The standard InChI is InChI=1S/C12H12BrN3S/c13-9-3-8(5-15-6-9)12-16-11(7-1-2-7)10(4-14)17-12/h3,5-7H,1-2,4,14H2. The van der Waals surface area contributed by atoms with Gasteiger partial charge >= 0.3 is 0 Å². The fourth-order valence-corrected chi connectivity index (χ4v) is 3.21. The maximum atomic E-state index is 5.78. The molecule has 1 fully saturated rings. The number of aromatic nitrogens is 2. The van der Waals surface area contributed by atoms with Crippen LogP contribution in [-0.2, 0) is 6.54 Å². The summed E-state index contributed by atoms with van der Waals surface area (Å²) in [5, 5.41) is 1.03. The van der Waals surface area contributed by atoms with E-state index in [9.17, 15) is 0 Å². The quantitative estimate of drug-likeness (QED) is 0.946. The van der Waals surface area contributed by atoms with Crippen molar-refractivity contribution in [2.75, 3.05) is 0 Å². The van der Waals surface area contributed by atoms with E-state index in [4.69, 9.17) is 10.7 Å². The molecule has 0 amide bonds. The Morgan fingerprint density at radius 1 is 1.41 bits per heavy atom. The lowest BCUT2D eigenvalue weighted by molar-refractivity contribution is 0.979. The first kappa shape index (κ1) is 11.3. The number of halogens is 1. The van der Waals surface area contributed by atoms with E-state index in [1.54, 1.807) is 17.5 Å². The van der Waals surface area contributed by atoms with Crippen molar-refractivity contribution >= 4 is 27.3 Å². The molecule has 2 aromatic heterocycles. The molecule has 0 aliphatic heterocycles. The van der Waals surface area contributed by atoms with Crippen molar-refractivity contribution in [3.8, 4) is 10.6 Å². The summed E-state index contributed by atoms with van der Waals surface area (Å²) in [7, 11) is 0. The van der Waals surface area contributed by atoms with Crippen LogP contribution in [0.15, 0.2) is 22.9 Å². The van der Waals surface area contributed by atoms with E-state index in [0.717, 1.165) is 15.0 Å². The second-order valence-corrected chi connectivity index (χ2v) is 6.20. The number of thiazole rings is 1. The van der Waals surface area contributed by atoms with Gasteiger partial charge in [-0.05, 0) is 34.8 Å². The third-order valence-electron chi connectivity index (χ3n) is 2.83. The molecule has 1 saturated carbocycles. The Bertz CT molecular complexity index is 548. The Hall–Kier alpha value is -0.780. The van der Waals surface area contributed by atoms with Crippen molar-refractivity contribution in [1.29, 1.82) is 0 Å². The summed E-state index contributed by atoms with van der Waals surface area (Å²) in [6.45, 7) is 0.588. The van der Waals surface area contributed by atoms with E-state index in [2.05, 4.69) is 20.9 Å². The summed E-state index contributed by atoms with van der Waals surface area (Å²) in [4.78, 5) is 10.1. The van der Waals surface area contributed by atoms with Gasteiger partial charge in [0.1, 0.15) is 5.01 Å². The van der Waals surface area contributed by atoms with Gasteiger partial charge in [-0.2, -0.15) is 0 Å². The van der Waals surface area contributed by atoms with Gasteiger partial charge in [-0.3, -0.25) is 4.98 Å². The molecule has 0 radical (unpaired) electrons. The van der Waals surface area contributed by atoms with Crippen LogP contribution in [0.2, 0.25) is 0 Å². The minimum Gasteiger partial charge on any atom is -0.326 e. The molecule has 88 valence electrons. The fraction of sp³-hybridized carbons (Fsp3) is 0.333. The Labute approximate surface area is 112 Å². The van der Waals surface area contributed by atoms with Crippen LogP contribution < -0.4 is 5.73 Å². The Balaban J connectivity index is 2.03. The molecular formula is C12H12BrN3S. The Morgan fingerprint density at radius 2 is 2.24 bits per heavy atom. The molecule has 0 spiro atoms. The van der Waals surface area contributed by atoms with Gasteiger partial charge in [0.2, 0.25) is 0 Å². The smallest absolute Gasteiger partial charge is 0.125 e. The highest BCUT2D eigenvalue weighted by molar-refractivity contribution is 9.10. The van der Waals surface area contributed by atoms with Gasteiger partial charge in [-0.1, -0.05) is 0 Å². The molecule has 0 aromatic carbocycles. The molecule has 2 N–H and O–H groups in total. The molecular weight excluding hydrogens is 298 g/mol. The number of nitrogens with zero attached hydrogens (tertiary/aromatic N) is 2. The summed E-state index contributed by atoms with van der Waals surface area (Å²) >= 11 is 5.13. The lowest BCUT2D eigenvalue weighted by Gasteiger charge is -1.95. The second-order valence-electron chi connectivity index (χ2n) is 4.20. The highest BCUT2D eigenvalue weighted by Crippen LogP contribution is 2.44. The van der Waals surface area contributed by atoms with Crippen LogP contribution in [0.1, 0.15) is 29.3 Å². The van der Waals surface area contributed by atoms with E-state index in [1.807, 2.05) is 12.3 Å². The zero-order chi connectivity index (χ0) is 11.8. The van der Waals surface area contributed by atoms with Gasteiger partial charge in [-0.15, -0.1) is 11.3 Å². The lowest BCUT2D eigenvalue weighted by atomic mass is 10.2. The monoisotopic (exact) mass is 309 g/mol. The molecule has 2 heterocycles. The lowest BCUT2D eigenvalue weighted by Crippen LogP contribution is -1.96. The number of hydrogen-bond acceptors (Lipinski definition) is 4. The molecule has 2 aromatic rings. The second kappa shape index (κ2) is 4.48. The molecule has 3 rings (SSSR count). The molecule has 1 aliphatic carbocycles. The first-order valence-corrected chi connectivity index (χ1v) is 7.19. The third-order valence-corrected chi connectivity index (χ3v) is 4.41. The summed E-state index contributed by atoms with van der Waals surface area (Å²) in [5.41, 5.74) is 8.06. The first-order chi connectivity index (χ1) is 8.28. The van der Waals surface area contributed by atoms with Crippen molar-refractivity contribution < 1.29 is 0 Å². The molecule has 17 heavy (non-hydrogen) atoms. The molecule has 0 atom stereocenters. The van der Waals surface area contributed by atoms with Crippen LogP contribution in [-0.4, -0.2) is 9.97 Å². The Morgan fingerprint density at radius 3 is 2.88 bits per heavy atom. The molecule has 0 bridgehead atoms. The maximum absolute atomic E-state index is 5.78. The Kier molecular flexibility index (Phi) is 2.98. The van der Waals surface area contributed by atoms with Gasteiger partial charge in [0.15, 0.2) is 0 Å². The van der Waals surface area contributed by atoms with Crippen molar-refractivity contribution in [2.45, 2.75) is 25.3 Å². The van der Waals surface area contributed by atoms with E-state index in [0.29, 0.717) is 12.5 Å². The predicted molar refractivity (Wildman–Crippen MR) is 72.9 cm³/mol. The maximum Gasteiger partial charge on any atom is 0.125 e.